The van der Waals surface area contributed by atoms with Crippen LogP contribution in [0.4, 0.5) is 13.2 Å². The first-order valence-corrected chi connectivity index (χ1v) is 7.92. The van der Waals surface area contributed by atoms with Crippen molar-refractivity contribution < 1.29 is 13.2 Å². The standard InChI is InChI=1S/C18H14F3N3O/c1-10-2-9-14-16(22-10)24(13-7-8-13)17(25)15(23-14)11-3-5-12(6-4-11)18(19,20)21/h2-6,9,13H,7-8H2,1H3. The molecular weight excluding hydrogens is 331 g/mol. The molecule has 25 heavy (non-hydrogen) atoms. The number of rotatable bonds is 2. The maximum absolute atomic E-state index is 12.9. The van der Waals surface area contributed by atoms with Gasteiger partial charge in [-0.1, -0.05) is 12.1 Å². The topological polar surface area (TPSA) is 47.8 Å². The maximum Gasteiger partial charge on any atom is 0.416 e. The van der Waals surface area contributed by atoms with Gasteiger partial charge in [0.05, 0.1) is 5.56 Å². The molecule has 0 atom stereocenters. The number of aromatic nitrogens is 3. The number of fused-ring (bicyclic) bond motifs is 1. The Kier molecular flexibility index (Phi) is 3.42. The molecule has 1 saturated carbocycles. The third-order valence-electron chi connectivity index (χ3n) is 4.27. The number of aryl methyl sites for hydroxylation is 1. The number of pyridine rings is 1. The van der Waals surface area contributed by atoms with E-state index in [2.05, 4.69) is 9.97 Å². The Bertz CT molecular complexity index is 1020. The highest BCUT2D eigenvalue weighted by Crippen LogP contribution is 2.36. The molecule has 4 rings (SSSR count). The molecule has 1 aliphatic rings. The van der Waals surface area contributed by atoms with Crippen LogP contribution >= 0.6 is 0 Å². The van der Waals surface area contributed by atoms with Gasteiger partial charge in [0.1, 0.15) is 11.2 Å². The van der Waals surface area contributed by atoms with E-state index >= 15 is 0 Å². The second-order valence-corrected chi connectivity index (χ2v) is 6.24. The molecule has 0 amide bonds. The van der Waals surface area contributed by atoms with Crippen LogP contribution in [0, 0.1) is 6.92 Å². The Morgan fingerprint density at radius 2 is 1.72 bits per heavy atom. The van der Waals surface area contributed by atoms with Crippen molar-refractivity contribution in [2.24, 2.45) is 0 Å². The fourth-order valence-electron chi connectivity index (χ4n) is 2.86. The number of hydrogen-bond donors (Lipinski definition) is 0. The van der Waals surface area contributed by atoms with Crippen molar-refractivity contribution in [2.45, 2.75) is 32.0 Å². The van der Waals surface area contributed by atoms with E-state index in [1.54, 1.807) is 16.7 Å². The summed E-state index contributed by atoms with van der Waals surface area (Å²) in [6.45, 7) is 1.84. The molecule has 7 heteroatoms. The van der Waals surface area contributed by atoms with Crippen LogP contribution in [0.5, 0.6) is 0 Å². The lowest BCUT2D eigenvalue weighted by Crippen LogP contribution is -2.23. The lowest BCUT2D eigenvalue weighted by Gasteiger charge is -2.12. The molecule has 1 fully saturated rings. The van der Waals surface area contributed by atoms with Crippen LogP contribution in [-0.2, 0) is 6.18 Å². The van der Waals surface area contributed by atoms with Crippen LogP contribution < -0.4 is 5.56 Å². The van der Waals surface area contributed by atoms with Gasteiger partial charge >= 0.3 is 6.18 Å². The van der Waals surface area contributed by atoms with Gasteiger partial charge in [0, 0.05) is 17.3 Å². The molecule has 2 aromatic heterocycles. The normalized spacial score (nSPS) is 14.9. The summed E-state index contributed by atoms with van der Waals surface area (Å²) in [6.07, 6.45) is -2.63. The number of nitrogens with zero attached hydrogens (tertiary/aromatic N) is 3. The Hall–Kier alpha value is -2.70. The zero-order chi connectivity index (χ0) is 17.8. The SMILES string of the molecule is Cc1ccc2nc(-c3ccc(C(F)(F)F)cc3)c(=O)n(C3CC3)c2n1. The summed E-state index contributed by atoms with van der Waals surface area (Å²) >= 11 is 0. The van der Waals surface area contributed by atoms with Crippen molar-refractivity contribution >= 4 is 11.2 Å². The van der Waals surface area contributed by atoms with Gasteiger partial charge in [-0.05, 0) is 44.0 Å². The average molecular weight is 345 g/mol. The minimum Gasteiger partial charge on any atom is -0.286 e. The van der Waals surface area contributed by atoms with E-state index in [9.17, 15) is 18.0 Å². The monoisotopic (exact) mass is 345 g/mol. The third-order valence-corrected chi connectivity index (χ3v) is 4.27. The first-order valence-electron chi connectivity index (χ1n) is 7.92. The van der Waals surface area contributed by atoms with Gasteiger partial charge in [-0.25, -0.2) is 9.97 Å². The first kappa shape index (κ1) is 15.8. The lowest BCUT2D eigenvalue weighted by molar-refractivity contribution is -0.137. The van der Waals surface area contributed by atoms with Crippen LogP contribution in [0.15, 0.2) is 41.2 Å². The quantitative estimate of drug-likeness (QED) is 0.702. The van der Waals surface area contributed by atoms with E-state index in [-0.39, 0.29) is 17.3 Å². The minimum atomic E-state index is -4.41. The highest BCUT2D eigenvalue weighted by Gasteiger charge is 2.31. The molecule has 4 nitrogen and oxygen atoms in total. The lowest BCUT2D eigenvalue weighted by atomic mass is 10.1. The van der Waals surface area contributed by atoms with Crippen molar-refractivity contribution in [3.8, 4) is 11.3 Å². The smallest absolute Gasteiger partial charge is 0.286 e. The third kappa shape index (κ3) is 2.79. The zero-order valence-electron chi connectivity index (χ0n) is 13.3. The van der Waals surface area contributed by atoms with Crippen molar-refractivity contribution in [2.75, 3.05) is 0 Å². The highest BCUT2D eigenvalue weighted by molar-refractivity contribution is 5.75. The summed E-state index contributed by atoms with van der Waals surface area (Å²) in [5.41, 5.74) is 1.33. The van der Waals surface area contributed by atoms with Gasteiger partial charge in [-0.2, -0.15) is 13.2 Å². The van der Waals surface area contributed by atoms with E-state index in [1.807, 2.05) is 6.92 Å². The van der Waals surface area contributed by atoms with Crippen LogP contribution in [0.25, 0.3) is 22.4 Å². The molecule has 0 bridgehead atoms. The van der Waals surface area contributed by atoms with Gasteiger partial charge < -0.3 is 0 Å². The molecule has 0 saturated heterocycles. The van der Waals surface area contributed by atoms with E-state index in [0.29, 0.717) is 16.7 Å². The van der Waals surface area contributed by atoms with Crippen molar-refractivity contribution in [3.05, 3.63) is 58.0 Å². The second-order valence-electron chi connectivity index (χ2n) is 6.24. The summed E-state index contributed by atoms with van der Waals surface area (Å²) in [7, 11) is 0. The summed E-state index contributed by atoms with van der Waals surface area (Å²) in [5.74, 6) is 0. The average Bonchev–Trinajstić information content (AvgIpc) is 3.38. The number of halogens is 3. The predicted octanol–water partition coefficient (Wildman–Crippen LogP) is 4.12. The Balaban J connectivity index is 1.92. The molecule has 1 aliphatic carbocycles. The summed E-state index contributed by atoms with van der Waals surface area (Å²) in [4.78, 5) is 21.7. The molecule has 0 spiro atoms. The van der Waals surface area contributed by atoms with Gasteiger partial charge in [-0.15, -0.1) is 0 Å². The largest absolute Gasteiger partial charge is 0.416 e. The van der Waals surface area contributed by atoms with Gasteiger partial charge in [0.15, 0.2) is 5.65 Å². The molecule has 3 aromatic rings. The van der Waals surface area contributed by atoms with Crippen molar-refractivity contribution in [1.29, 1.82) is 0 Å². The molecule has 1 aromatic carbocycles. The minimum absolute atomic E-state index is 0.0838. The summed E-state index contributed by atoms with van der Waals surface area (Å²) < 4.78 is 39.8. The number of hydrogen-bond acceptors (Lipinski definition) is 3. The van der Waals surface area contributed by atoms with Crippen LogP contribution in [-0.4, -0.2) is 14.5 Å². The predicted molar refractivity (Wildman–Crippen MR) is 87.2 cm³/mol. The highest BCUT2D eigenvalue weighted by atomic mass is 19.4. The van der Waals surface area contributed by atoms with Crippen LogP contribution in [0.3, 0.4) is 0 Å². The van der Waals surface area contributed by atoms with E-state index in [1.165, 1.54) is 12.1 Å². The zero-order valence-corrected chi connectivity index (χ0v) is 13.3. The van der Waals surface area contributed by atoms with Crippen molar-refractivity contribution in [1.82, 2.24) is 14.5 Å². The second kappa shape index (κ2) is 5.40. The molecule has 128 valence electrons. The fourth-order valence-corrected chi connectivity index (χ4v) is 2.86. The summed E-state index contributed by atoms with van der Waals surface area (Å²) in [5, 5.41) is 0. The fraction of sp³-hybridized carbons (Fsp3) is 0.278. The Morgan fingerprint density at radius 3 is 2.32 bits per heavy atom. The molecule has 2 heterocycles. The molecule has 0 N–H and O–H groups in total. The van der Waals surface area contributed by atoms with E-state index in [4.69, 9.17) is 0 Å². The first-order chi connectivity index (χ1) is 11.8. The molecule has 0 unspecified atom stereocenters. The van der Waals surface area contributed by atoms with Gasteiger partial charge in [0.25, 0.3) is 5.56 Å². The van der Waals surface area contributed by atoms with Crippen LogP contribution in [0.2, 0.25) is 0 Å². The van der Waals surface area contributed by atoms with Crippen molar-refractivity contribution in [3.63, 3.8) is 0 Å². The Morgan fingerprint density at radius 1 is 1.04 bits per heavy atom. The summed E-state index contributed by atoms with van der Waals surface area (Å²) in [6, 6.07) is 8.18. The molecule has 0 aliphatic heterocycles. The number of alkyl halides is 3. The van der Waals surface area contributed by atoms with Gasteiger partial charge in [-0.3, -0.25) is 9.36 Å². The van der Waals surface area contributed by atoms with Gasteiger partial charge in [0.2, 0.25) is 0 Å². The maximum atomic E-state index is 12.9. The molecular formula is C18H14F3N3O. The van der Waals surface area contributed by atoms with E-state index < -0.39 is 11.7 Å². The van der Waals surface area contributed by atoms with Crippen LogP contribution in [0.1, 0.15) is 30.1 Å². The molecule has 0 radical (unpaired) electrons. The Labute approximate surface area is 141 Å². The number of benzene rings is 1. The van der Waals surface area contributed by atoms with E-state index in [0.717, 1.165) is 30.7 Å².